The van der Waals surface area contributed by atoms with Gasteiger partial charge in [0.1, 0.15) is 11.5 Å². The Balaban J connectivity index is 1.58. The fraction of sp³-hybridized carbons (Fsp3) is 0.273. The van der Waals surface area contributed by atoms with Crippen LogP contribution in [0.4, 0.5) is 0 Å². The van der Waals surface area contributed by atoms with E-state index in [0.29, 0.717) is 10.0 Å². The van der Waals surface area contributed by atoms with Crippen LogP contribution in [-0.2, 0) is 16.2 Å². The normalized spacial score (nSPS) is 19.4. The summed E-state index contributed by atoms with van der Waals surface area (Å²) >= 11 is 12.5. The Morgan fingerprint density at radius 1 is 0.615 bits per heavy atom. The predicted octanol–water partition coefficient (Wildman–Crippen LogP) is 9.97. The summed E-state index contributed by atoms with van der Waals surface area (Å²) in [6.45, 7) is 9.28. The summed E-state index contributed by atoms with van der Waals surface area (Å²) in [4.78, 5) is 11.4. The highest BCUT2D eigenvalue weighted by Gasteiger charge is 2.60. The van der Waals surface area contributed by atoms with Gasteiger partial charge >= 0.3 is 8.60 Å². The van der Waals surface area contributed by atoms with Crippen LogP contribution in [0.25, 0.3) is 22.3 Å². The second kappa shape index (κ2) is 8.48. The Bertz CT molecular complexity index is 1520. The lowest BCUT2D eigenvalue weighted by molar-refractivity contribution is 0.326. The molecule has 0 bridgehead atoms. The average Bonchev–Trinajstić information content (AvgIpc) is 3.24. The highest BCUT2D eigenvalue weighted by atomic mass is 35.5. The van der Waals surface area contributed by atoms with Crippen LogP contribution in [0.5, 0.6) is 11.5 Å². The van der Waals surface area contributed by atoms with Gasteiger partial charge in [-0.3, -0.25) is 0 Å². The van der Waals surface area contributed by atoms with E-state index in [1.165, 1.54) is 22.3 Å². The molecule has 1 N–H and O–H groups in total. The first-order valence-electron chi connectivity index (χ1n) is 13.2. The Labute approximate surface area is 240 Å². The van der Waals surface area contributed by atoms with E-state index in [1.54, 1.807) is 0 Å². The number of rotatable bonds is 2. The molecule has 3 nitrogen and oxygen atoms in total. The molecule has 0 fully saturated rings. The minimum absolute atomic E-state index is 0.0975. The van der Waals surface area contributed by atoms with Gasteiger partial charge < -0.3 is 13.9 Å². The summed E-state index contributed by atoms with van der Waals surface area (Å²) < 4.78 is 12.9. The number of hydrogen-bond acceptors (Lipinski definition) is 3. The predicted molar refractivity (Wildman–Crippen MR) is 160 cm³/mol. The van der Waals surface area contributed by atoms with Gasteiger partial charge in [-0.05, 0) is 70.2 Å². The van der Waals surface area contributed by atoms with Crippen LogP contribution in [0.2, 0.25) is 10.0 Å². The molecule has 0 unspecified atom stereocenters. The first kappa shape index (κ1) is 25.4. The largest absolute Gasteiger partial charge is 0.460 e. The van der Waals surface area contributed by atoms with Crippen molar-refractivity contribution in [2.75, 3.05) is 0 Å². The van der Waals surface area contributed by atoms with Crippen molar-refractivity contribution >= 4 is 31.8 Å². The van der Waals surface area contributed by atoms with E-state index < -0.39 is 8.60 Å². The lowest BCUT2D eigenvalue weighted by Crippen LogP contribution is -2.28. The maximum atomic E-state index is 11.4. The Kier molecular flexibility index (Phi) is 5.53. The van der Waals surface area contributed by atoms with Crippen LogP contribution in [0.15, 0.2) is 72.8 Å². The third-order valence-electron chi connectivity index (χ3n) is 8.87. The Morgan fingerprint density at radius 3 is 1.38 bits per heavy atom. The summed E-state index contributed by atoms with van der Waals surface area (Å²) in [5, 5.41) is 1.36. The molecule has 1 spiro atoms. The average molecular weight is 575 g/mol. The monoisotopic (exact) mass is 574 g/mol. The van der Waals surface area contributed by atoms with Gasteiger partial charge in [0.05, 0.1) is 0 Å². The zero-order chi connectivity index (χ0) is 27.3. The third-order valence-corrected chi connectivity index (χ3v) is 10.0. The first-order valence-corrected chi connectivity index (χ1v) is 15.1. The van der Waals surface area contributed by atoms with E-state index in [9.17, 15) is 4.89 Å². The quantitative estimate of drug-likeness (QED) is 0.242. The lowest BCUT2D eigenvalue weighted by Gasteiger charge is -2.35. The molecule has 4 aromatic rings. The SMILES string of the molecule is CC1(C)CC23CC(C)(C)c4ccc(-c5ccc(Cl)cc5)c(c42)OP(O)Oc2c(-c4ccc(Cl)cc4)ccc1c23. The number of hydrogen-bond donors (Lipinski definition) is 1. The first-order chi connectivity index (χ1) is 18.5. The molecule has 0 saturated heterocycles. The van der Waals surface area contributed by atoms with Crippen molar-refractivity contribution in [2.24, 2.45) is 0 Å². The number of halogens is 2. The topological polar surface area (TPSA) is 38.7 Å². The Hall–Kier alpha value is -2.55. The van der Waals surface area contributed by atoms with E-state index in [4.69, 9.17) is 32.2 Å². The summed E-state index contributed by atoms with van der Waals surface area (Å²) in [6, 6.07) is 24.4. The van der Waals surface area contributed by atoms with Crippen LogP contribution in [-0.4, -0.2) is 4.89 Å². The van der Waals surface area contributed by atoms with E-state index in [-0.39, 0.29) is 16.2 Å². The molecule has 198 valence electrons. The highest BCUT2D eigenvalue weighted by Crippen LogP contribution is 2.70. The van der Waals surface area contributed by atoms with Gasteiger partial charge in [0.2, 0.25) is 0 Å². The molecule has 3 aliphatic rings. The molecule has 1 heterocycles. The minimum Gasteiger partial charge on any atom is -0.417 e. The summed E-state index contributed by atoms with van der Waals surface area (Å²) in [5.41, 5.74) is 8.26. The second-order valence-electron chi connectivity index (χ2n) is 12.4. The van der Waals surface area contributed by atoms with Crippen molar-refractivity contribution < 1.29 is 13.9 Å². The number of benzene rings is 4. The standard InChI is InChI=1S/C33H29Cl2O3P/c1-31(2)17-33-18-32(3,4)26-16-14-24(20-7-11-22(35)12-8-20)30(28(26)33)38-39(36)37-29-23(13-15-25(31)27(29)33)19-5-9-21(34)10-6-19/h5-16,36H,17-18H2,1-4H3. The van der Waals surface area contributed by atoms with Crippen LogP contribution < -0.4 is 9.05 Å². The van der Waals surface area contributed by atoms with Crippen molar-refractivity contribution in [1.82, 2.24) is 0 Å². The fourth-order valence-electron chi connectivity index (χ4n) is 7.56. The maximum Gasteiger partial charge on any atom is 0.460 e. The molecule has 7 rings (SSSR count). The molecular weight excluding hydrogens is 546 g/mol. The molecule has 0 saturated carbocycles. The summed E-state index contributed by atoms with van der Waals surface area (Å²) in [5.74, 6) is 1.44. The van der Waals surface area contributed by atoms with Crippen LogP contribution in [0.1, 0.15) is 62.8 Å². The third kappa shape index (κ3) is 3.71. The van der Waals surface area contributed by atoms with Gasteiger partial charge in [-0.15, -0.1) is 0 Å². The molecule has 1 aliphatic heterocycles. The molecule has 0 atom stereocenters. The molecule has 39 heavy (non-hydrogen) atoms. The molecule has 6 heteroatoms. The Morgan fingerprint density at radius 2 is 1.00 bits per heavy atom. The van der Waals surface area contributed by atoms with E-state index in [2.05, 4.69) is 52.0 Å². The lowest BCUT2D eigenvalue weighted by atomic mass is 9.71. The van der Waals surface area contributed by atoms with Crippen LogP contribution in [0.3, 0.4) is 0 Å². The van der Waals surface area contributed by atoms with E-state index in [0.717, 1.165) is 46.6 Å². The van der Waals surface area contributed by atoms with Gasteiger partial charge in [0, 0.05) is 37.7 Å². The summed E-state index contributed by atoms with van der Waals surface area (Å²) in [6.07, 6.45) is 1.85. The smallest absolute Gasteiger partial charge is 0.417 e. The zero-order valence-electron chi connectivity index (χ0n) is 22.3. The van der Waals surface area contributed by atoms with Crippen molar-refractivity contribution in [1.29, 1.82) is 0 Å². The van der Waals surface area contributed by atoms with Gasteiger partial charge in [-0.2, -0.15) is 0 Å². The molecular formula is C33H29Cl2O3P. The van der Waals surface area contributed by atoms with Crippen molar-refractivity contribution in [3.05, 3.63) is 105 Å². The van der Waals surface area contributed by atoms with E-state index >= 15 is 0 Å². The van der Waals surface area contributed by atoms with Gasteiger partial charge in [-0.25, -0.2) is 0 Å². The molecule has 4 aromatic carbocycles. The van der Waals surface area contributed by atoms with E-state index in [1.807, 2.05) is 48.5 Å². The van der Waals surface area contributed by atoms with Crippen molar-refractivity contribution in [2.45, 2.75) is 56.8 Å². The highest BCUT2D eigenvalue weighted by molar-refractivity contribution is 7.41. The zero-order valence-corrected chi connectivity index (χ0v) is 24.7. The van der Waals surface area contributed by atoms with Gasteiger partial charge in [0.15, 0.2) is 0 Å². The molecule has 2 aliphatic carbocycles. The minimum atomic E-state index is -2.26. The van der Waals surface area contributed by atoms with Crippen LogP contribution >= 0.6 is 31.8 Å². The maximum absolute atomic E-state index is 11.4. The molecule has 0 radical (unpaired) electrons. The van der Waals surface area contributed by atoms with Crippen molar-refractivity contribution in [3.8, 4) is 33.8 Å². The molecule has 0 amide bonds. The second-order valence-corrected chi connectivity index (χ2v) is 14.1. The van der Waals surface area contributed by atoms with Crippen LogP contribution in [0, 0.1) is 0 Å². The fourth-order valence-corrected chi connectivity index (χ4v) is 8.54. The van der Waals surface area contributed by atoms with Gasteiger partial charge in [0.25, 0.3) is 0 Å². The van der Waals surface area contributed by atoms with Crippen molar-refractivity contribution in [3.63, 3.8) is 0 Å². The summed E-state index contributed by atoms with van der Waals surface area (Å²) in [7, 11) is -2.26. The van der Waals surface area contributed by atoms with Gasteiger partial charge in [-0.1, -0.05) is 99.4 Å². The molecule has 0 aromatic heterocycles.